The predicted octanol–water partition coefficient (Wildman–Crippen LogP) is 4.77. The second-order valence-electron chi connectivity index (χ2n) is 6.47. The van der Waals surface area contributed by atoms with Gasteiger partial charge in [-0.2, -0.15) is 18.2 Å². The van der Waals surface area contributed by atoms with Gasteiger partial charge in [-0.15, -0.1) is 0 Å². The topological polar surface area (TPSA) is 139 Å². The number of amides is 2. The maximum absolute atomic E-state index is 12.9. The van der Waals surface area contributed by atoms with Gasteiger partial charge >= 0.3 is 12.3 Å². The van der Waals surface area contributed by atoms with Gasteiger partial charge in [-0.25, -0.2) is 9.78 Å². The minimum atomic E-state index is -4.55. The molecule has 0 aliphatic rings. The molecule has 2 aromatic heterocycles. The molecule has 33 heavy (non-hydrogen) atoms. The van der Waals surface area contributed by atoms with Crippen molar-refractivity contribution in [2.45, 2.75) is 6.18 Å². The summed E-state index contributed by atoms with van der Waals surface area (Å²) in [4.78, 5) is 30.8. The number of fused-ring (bicyclic) bond motifs is 1. The lowest BCUT2D eigenvalue weighted by Crippen LogP contribution is -2.13. The van der Waals surface area contributed by atoms with Gasteiger partial charge in [0.1, 0.15) is 5.75 Å². The average Bonchev–Trinajstić information content (AvgIpc) is 3.16. The Labute approximate surface area is 182 Å². The largest absolute Gasteiger partial charge is 0.465 e. The summed E-state index contributed by atoms with van der Waals surface area (Å²) in [7, 11) is 0. The van der Waals surface area contributed by atoms with Crippen LogP contribution in [-0.4, -0.2) is 32.2 Å². The minimum Gasteiger partial charge on any atom is -0.465 e. The number of carbonyl (C=O) groups excluding carboxylic acids is 1. The van der Waals surface area contributed by atoms with E-state index in [0.717, 1.165) is 12.1 Å². The number of nitrogens with one attached hydrogen (secondary N) is 2. The second kappa shape index (κ2) is 8.45. The van der Waals surface area contributed by atoms with Gasteiger partial charge in [0.05, 0.1) is 10.9 Å². The first-order valence-electron chi connectivity index (χ1n) is 9.08. The molecule has 168 valence electrons. The predicted molar refractivity (Wildman–Crippen MR) is 107 cm³/mol. The Morgan fingerprint density at radius 3 is 2.64 bits per heavy atom. The number of carboxylic acid groups (broad SMARTS) is 1. The summed E-state index contributed by atoms with van der Waals surface area (Å²) in [6.45, 7) is 0. The minimum absolute atomic E-state index is 0.0372. The van der Waals surface area contributed by atoms with Crippen LogP contribution in [0, 0.1) is 0 Å². The molecule has 4 rings (SSSR count). The fourth-order valence-corrected chi connectivity index (χ4v) is 2.78. The maximum Gasteiger partial charge on any atom is 0.416 e. The highest BCUT2D eigenvalue weighted by Gasteiger charge is 2.30. The van der Waals surface area contributed by atoms with E-state index >= 15 is 0 Å². The smallest absolute Gasteiger partial charge is 0.416 e. The number of nitrogens with zero attached hydrogens (tertiary/aromatic N) is 3. The van der Waals surface area contributed by atoms with E-state index in [1.165, 1.54) is 42.6 Å². The Morgan fingerprint density at radius 2 is 1.88 bits per heavy atom. The maximum atomic E-state index is 12.9. The molecule has 4 aromatic rings. The molecule has 2 amide bonds. The number of alkyl halides is 3. The lowest BCUT2D eigenvalue weighted by molar-refractivity contribution is -0.137. The zero-order valence-corrected chi connectivity index (χ0v) is 16.3. The van der Waals surface area contributed by atoms with Crippen LogP contribution in [0.25, 0.3) is 11.0 Å². The number of hydrogen-bond donors (Lipinski definition) is 3. The van der Waals surface area contributed by atoms with Crippen molar-refractivity contribution in [1.82, 2.24) is 15.1 Å². The zero-order valence-electron chi connectivity index (χ0n) is 16.3. The van der Waals surface area contributed by atoms with Gasteiger partial charge in [0, 0.05) is 24.0 Å². The van der Waals surface area contributed by atoms with Crippen LogP contribution in [0.2, 0.25) is 0 Å². The van der Waals surface area contributed by atoms with E-state index in [-0.39, 0.29) is 34.5 Å². The third kappa shape index (κ3) is 4.98. The normalized spacial score (nSPS) is 11.2. The van der Waals surface area contributed by atoms with Gasteiger partial charge in [-0.3, -0.25) is 10.1 Å². The van der Waals surface area contributed by atoms with Gasteiger partial charge < -0.3 is 19.7 Å². The lowest BCUT2D eigenvalue weighted by atomic mass is 10.1. The monoisotopic (exact) mass is 459 g/mol. The van der Waals surface area contributed by atoms with Crippen LogP contribution in [0.1, 0.15) is 16.1 Å². The van der Waals surface area contributed by atoms with E-state index in [4.69, 9.17) is 14.4 Å². The van der Waals surface area contributed by atoms with Crippen molar-refractivity contribution in [3.63, 3.8) is 0 Å². The molecule has 3 N–H and O–H groups in total. The summed E-state index contributed by atoms with van der Waals surface area (Å²) >= 11 is 0. The third-order valence-electron chi connectivity index (χ3n) is 4.18. The van der Waals surface area contributed by atoms with E-state index in [2.05, 4.69) is 20.4 Å². The highest BCUT2D eigenvalue weighted by atomic mass is 19.4. The molecule has 0 unspecified atom stereocenters. The van der Waals surface area contributed by atoms with Crippen LogP contribution in [0.4, 0.5) is 29.6 Å². The molecule has 0 radical (unpaired) electrons. The van der Waals surface area contributed by atoms with Crippen LogP contribution < -0.4 is 15.4 Å². The van der Waals surface area contributed by atoms with Crippen molar-refractivity contribution in [1.29, 1.82) is 0 Å². The average molecular weight is 459 g/mol. The van der Waals surface area contributed by atoms with Gasteiger partial charge in [0.2, 0.25) is 11.8 Å². The summed E-state index contributed by atoms with van der Waals surface area (Å²) in [6.07, 6.45) is -4.60. The quantitative estimate of drug-likeness (QED) is 0.388. The second-order valence-corrected chi connectivity index (χ2v) is 6.47. The summed E-state index contributed by atoms with van der Waals surface area (Å²) in [6, 6.07) is 9.94. The number of carbonyl (C=O) groups is 2. The summed E-state index contributed by atoms with van der Waals surface area (Å²) in [5, 5.41) is 17.1. The number of rotatable bonds is 5. The Kier molecular flexibility index (Phi) is 5.52. The van der Waals surface area contributed by atoms with Crippen molar-refractivity contribution >= 4 is 34.6 Å². The first-order valence-corrected chi connectivity index (χ1v) is 9.08. The van der Waals surface area contributed by atoms with Crippen LogP contribution in [0.3, 0.4) is 0 Å². The SMILES string of the molecule is O=C(O)Nc1nccc(Oc2ccc3c(C(=O)Nc4cccc(C(F)(F)F)c4)noc3c2)n1. The van der Waals surface area contributed by atoms with Crippen LogP contribution in [-0.2, 0) is 6.18 Å². The molecule has 10 nitrogen and oxygen atoms in total. The molecule has 2 aromatic carbocycles. The van der Waals surface area contributed by atoms with Crippen molar-refractivity contribution in [2.24, 2.45) is 0 Å². The molecule has 0 bridgehead atoms. The fraction of sp³-hybridized carbons (Fsp3) is 0.0500. The number of ether oxygens (including phenoxy) is 1. The van der Waals surface area contributed by atoms with E-state index in [1.807, 2.05) is 5.32 Å². The van der Waals surface area contributed by atoms with Gasteiger partial charge in [0.25, 0.3) is 5.91 Å². The van der Waals surface area contributed by atoms with Gasteiger partial charge in [0.15, 0.2) is 11.3 Å². The molecule has 0 spiro atoms. The van der Waals surface area contributed by atoms with E-state index < -0.39 is 23.7 Å². The zero-order chi connectivity index (χ0) is 23.6. The highest BCUT2D eigenvalue weighted by Crippen LogP contribution is 2.31. The van der Waals surface area contributed by atoms with Crippen LogP contribution in [0.5, 0.6) is 11.6 Å². The van der Waals surface area contributed by atoms with E-state index in [1.54, 1.807) is 0 Å². The number of benzene rings is 2. The van der Waals surface area contributed by atoms with Crippen molar-refractivity contribution in [3.8, 4) is 11.6 Å². The molecule has 0 aliphatic carbocycles. The van der Waals surface area contributed by atoms with Gasteiger partial charge in [-0.1, -0.05) is 11.2 Å². The Balaban J connectivity index is 1.52. The van der Waals surface area contributed by atoms with Crippen molar-refractivity contribution in [3.05, 3.63) is 66.0 Å². The highest BCUT2D eigenvalue weighted by molar-refractivity contribution is 6.10. The summed E-state index contributed by atoms with van der Waals surface area (Å²) < 4.78 is 49.3. The molecule has 13 heteroatoms. The number of aromatic nitrogens is 3. The van der Waals surface area contributed by atoms with Gasteiger partial charge in [-0.05, 0) is 30.3 Å². The first kappa shape index (κ1) is 21.5. The lowest BCUT2D eigenvalue weighted by Gasteiger charge is -2.09. The molecule has 0 saturated carbocycles. The number of hydrogen-bond acceptors (Lipinski definition) is 7. The Bertz CT molecular complexity index is 1360. The summed E-state index contributed by atoms with van der Waals surface area (Å²) in [5.74, 6) is -0.671. The Morgan fingerprint density at radius 1 is 1.06 bits per heavy atom. The standard InChI is InChI=1S/C20H12F3N5O5/c21-20(22,23)10-2-1-3-11(8-10)25-17(29)16-13-5-4-12(9-14(13)33-28-16)32-15-6-7-24-18(26-15)27-19(30)31/h1-9H,(H,25,29)(H,30,31)(H,24,26,27). The van der Waals surface area contributed by atoms with E-state index in [9.17, 15) is 22.8 Å². The molecule has 0 fully saturated rings. The molecule has 0 aliphatic heterocycles. The molecular formula is C20H12F3N5O5. The molecule has 0 atom stereocenters. The number of halogens is 3. The molecular weight excluding hydrogens is 447 g/mol. The first-order chi connectivity index (χ1) is 15.7. The fourth-order valence-electron chi connectivity index (χ4n) is 2.78. The van der Waals surface area contributed by atoms with Crippen molar-refractivity contribution in [2.75, 3.05) is 10.6 Å². The molecule has 0 saturated heterocycles. The van der Waals surface area contributed by atoms with Crippen molar-refractivity contribution < 1.29 is 37.1 Å². The summed E-state index contributed by atoms with van der Waals surface area (Å²) in [5.41, 5.74) is -0.928. The van der Waals surface area contributed by atoms with Crippen LogP contribution >= 0.6 is 0 Å². The van der Waals surface area contributed by atoms with Crippen LogP contribution in [0.15, 0.2) is 59.3 Å². The number of anilines is 2. The Hall–Kier alpha value is -4.68. The van der Waals surface area contributed by atoms with E-state index in [0.29, 0.717) is 5.39 Å². The third-order valence-corrected chi connectivity index (χ3v) is 4.18. The molecule has 2 heterocycles.